The summed E-state index contributed by atoms with van der Waals surface area (Å²) in [4.78, 5) is 2.22. The molecule has 2 aromatic carbocycles. The number of nitrogens with two attached hydrogens (primary N) is 1. The van der Waals surface area contributed by atoms with Crippen molar-refractivity contribution in [3.8, 4) is 0 Å². The first-order valence-corrected chi connectivity index (χ1v) is 7.55. The molecule has 0 spiro atoms. The van der Waals surface area contributed by atoms with E-state index in [2.05, 4.69) is 36.1 Å². The summed E-state index contributed by atoms with van der Waals surface area (Å²) in [5, 5.41) is 0.758. The van der Waals surface area contributed by atoms with E-state index in [0.717, 1.165) is 29.2 Å². The average molecular weight is 301 g/mol. The molecule has 2 N–H and O–H groups in total. The molecule has 3 heteroatoms. The molecule has 0 saturated carbocycles. The Balaban J connectivity index is 1.97. The smallest absolute Gasteiger partial charge is 0.0838 e. The third-order valence-corrected chi connectivity index (χ3v) is 3.71. The fraction of sp³-hybridized carbons (Fsp3) is 0.222. The van der Waals surface area contributed by atoms with Crippen molar-refractivity contribution in [3.63, 3.8) is 0 Å². The predicted molar refractivity (Wildman–Crippen MR) is 91.1 cm³/mol. The summed E-state index contributed by atoms with van der Waals surface area (Å²) < 4.78 is 0. The molecule has 0 radical (unpaired) electrons. The van der Waals surface area contributed by atoms with Crippen LogP contribution in [0.25, 0.3) is 6.08 Å². The maximum Gasteiger partial charge on any atom is 0.0838 e. The van der Waals surface area contributed by atoms with E-state index in [1.165, 1.54) is 0 Å². The van der Waals surface area contributed by atoms with Crippen LogP contribution in [0.1, 0.15) is 24.2 Å². The van der Waals surface area contributed by atoms with Crippen LogP contribution in [0.15, 0.2) is 60.7 Å². The molecule has 2 aromatic rings. The van der Waals surface area contributed by atoms with Gasteiger partial charge in [0.2, 0.25) is 0 Å². The first-order valence-electron chi connectivity index (χ1n) is 7.17. The summed E-state index contributed by atoms with van der Waals surface area (Å²) in [6.45, 7) is 3.84. The molecule has 1 atom stereocenters. The quantitative estimate of drug-likeness (QED) is 0.804. The van der Waals surface area contributed by atoms with Gasteiger partial charge in [0.05, 0.1) is 6.17 Å². The van der Waals surface area contributed by atoms with Crippen LogP contribution in [0.4, 0.5) is 0 Å². The summed E-state index contributed by atoms with van der Waals surface area (Å²) in [6, 6.07) is 18.0. The predicted octanol–water partition coefficient (Wildman–Crippen LogP) is 4.33. The van der Waals surface area contributed by atoms with Gasteiger partial charge in [-0.05, 0) is 29.8 Å². The molecule has 0 fully saturated rings. The Bertz CT molecular complexity index is 564. The van der Waals surface area contributed by atoms with Gasteiger partial charge in [0, 0.05) is 11.6 Å². The van der Waals surface area contributed by atoms with Gasteiger partial charge < -0.3 is 5.73 Å². The highest BCUT2D eigenvalue weighted by Gasteiger charge is 2.12. The molecule has 0 aliphatic heterocycles. The molecule has 2 rings (SSSR count). The Kier molecular flexibility index (Phi) is 6.00. The van der Waals surface area contributed by atoms with Crippen molar-refractivity contribution >= 4 is 17.7 Å². The fourth-order valence-corrected chi connectivity index (χ4v) is 2.32. The van der Waals surface area contributed by atoms with Crippen LogP contribution in [0.3, 0.4) is 0 Å². The molecule has 0 aliphatic carbocycles. The Morgan fingerprint density at radius 3 is 2.38 bits per heavy atom. The lowest BCUT2D eigenvalue weighted by Gasteiger charge is -2.26. The highest BCUT2D eigenvalue weighted by Crippen LogP contribution is 2.15. The molecule has 0 amide bonds. The lowest BCUT2D eigenvalue weighted by molar-refractivity contribution is 0.236. The number of rotatable bonds is 6. The summed E-state index contributed by atoms with van der Waals surface area (Å²) in [6.07, 6.45) is 4.15. The van der Waals surface area contributed by atoms with Crippen molar-refractivity contribution in [2.45, 2.75) is 13.1 Å². The molecule has 2 nitrogen and oxygen atoms in total. The third-order valence-electron chi connectivity index (χ3n) is 3.46. The van der Waals surface area contributed by atoms with Gasteiger partial charge in [-0.1, -0.05) is 73.1 Å². The molecule has 21 heavy (non-hydrogen) atoms. The average Bonchev–Trinajstić information content (AvgIpc) is 2.53. The standard InChI is InChI=1S/C18H21ClN2/c1-2-21(18(20)16-8-4-3-5-9-16)14-6-7-15-10-12-17(19)13-11-15/h3-13,18H,2,14,20H2,1H3. The number of nitrogens with zero attached hydrogens (tertiary/aromatic N) is 1. The number of halogens is 1. The van der Waals surface area contributed by atoms with Crippen LogP contribution in [0.5, 0.6) is 0 Å². The minimum Gasteiger partial charge on any atom is -0.312 e. The lowest BCUT2D eigenvalue weighted by atomic mass is 10.1. The Hall–Kier alpha value is -1.61. The van der Waals surface area contributed by atoms with E-state index in [1.54, 1.807) is 0 Å². The van der Waals surface area contributed by atoms with Gasteiger partial charge in [-0.15, -0.1) is 0 Å². The van der Waals surface area contributed by atoms with E-state index in [4.69, 9.17) is 17.3 Å². The van der Waals surface area contributed by atoms with Crippen molar-refractivity contribution in [1.29, 1.82) is 0 Å². The molecule has 0 aliphatic rings. The molecule has 0 aromatic heterocycles. The lowest BCUT2D eigenvalue weighted by Crippen LogP contribution is -2.34. The van der Waals surface area contributed by atoms with Crippen LogP contribution in [0.2, 0.25) is 5.02 Å². The van der Waals surface area contributed by atoms with Crippen molar-refractivity contribution < 1.29 is 0 Å². The van der Waals surface area contributed by atoms with Crippen LogP contribution in [0, 0.1) is 0 Å². The van der Waals surface area contributed by atoms with E-state index in [-0.39, 0.29) is 6.17 Å². The second kappa shape index (κ2) is 7.99. The fourth-order valence-electron chi connectivity index (χ4n) is 2.20. The summed E-state index contributed by atoms with van der Waals surface area (Å²) in [5.74, 6) is 0. The van der Waals surface area contributed by atoms with Crippen LogP contribution in [-0.2, 0) is 0 Å². The van der Waals surface area contributed by atoms with Gasteiger partial charge in [0.1, 0.15) is 0 Å². The summed E-state index contributed by atoms with van der Waals surface area (Å²) >= 11 is 5.88. The number of hydrogen-bond donors (Lipinski definition) is 1. The normalized spacial score (nSPS) is 13.0. The molecule has 110 valence electrons. The maximum atomic E-state index is 6.32. The number of benzene rings is 2. The summed E-state index contributed by atoms with van der Waals surface area (Å²) in [5.41, 5.74) is 8.60. The van der Waals surface area contributed by atoms with Crippen molar-refractivity contribution in [2.24, 2.45) is 5.73 Å². The van der Waals surface area contributed by atoms with Gasteiger partial charge in [0.15, 0.2) is 0 Å². The third kappa shape index (κ3) is 4.71. The summed E-state index contributed by atoms with van der Waals surface area (Å²) in [7, 11) is 0. The monoisotopic (exact) mass is 300 g/mol. The van der Waals surface area contributed by atoms with Crippen molar-refractivity contribution in [1.82, 2.24) is 4.90 Å². The van der Waals surface area contributed by atoms with Crippen molar-refractivity contribution in [2.75, 3.05) is 13.1 Å². The van der Waals surface area contributed by atoms with Crippen LogP contribution in [-0.4, -0.2) is 18.0 Å². The van der Waals surface area contributed by atoms with Gasteiger partial charge in [-0.2, -0.15) is 0 Å². The molecule has 0 saturated heterocycles. The zero-order chi connectivity index (χ0) is 15.1. The van der Waals surface area contributed by atoms with Gasteiger partial charge >= 0.3 is 0 Å². The number of hydrogen-bond acceptors (Lipinski definition) is 2. The molecule has 0 heterocycles. The van der Waals surface area contributed by atoms with Crippen LogP contribution < -0.4 is 5.73 Å². The minimum atomic E-state index is -0.0777. The first-order chi connectivity index (χ1) is 10.2. The highest BCUT2D eigenvalue weighted by atomic mass is 35.5. The van der Waals surface area contributed by atoms with Gasteiger partial charge in [-0.3, -0.25) is 4.90 Å². The highest BCUT2D eigenvalue weighted by molar-refractivity contribution is 6.30. The van der Waals surface area contributed by atoms with Crippen molar-refractivity contribution in [3.05, 3.63) is 76.8 Å². The first kappa shape index (κ1) is 15.8. The largest absolute Gasteiger partial charge is 0.312 e. The van der Waals surface area contributed by atoms with Gasteiger partial charge in [-0.25, -0.2) is 0 Å². The molecular formula is C18H21ClN2. The second-order valence-electron chi connectivity index (χ2n) is 4.90. The van der Waals surface area contributed by atoms with Gasteiger partial charge in [0.25, 0.3) is 0 Å². The van der Waals surface area contributed by atoms with E-state index in [1.807, 2.05) is 42.5 Å². The Labute approximate surface area is 131 Å². The van der Waals surface area contributed by atoms with E-state index < -0.39 is 0 Å². The molecular weight excluding hydrogens is 280 g/mol. The van der Waals surface area contributed by atoms with E-state index in [0.29, 0.717) is 0 Å². The SMILES string of the molecule is CCN(CC=Cc1ccc(Cl)cc1)C(N)c1ccccc1. The molecule has 1 unspecified atom stereocenters. The molecule has 0 bridgehead atoms. The van der Waals surface area contributed by atoms with E-state index >= 15 is 0 Å². The van der Waals surface area contributed by atoms with Crippen LogP contribution >= 0.6 is 11.6 Å². The second-order valence-corrected chi connectivity index (χ2v) is 5.33. The Morgan fingerprint density at radius 2 is 1.76 bits per heavy atom. The zero-order valence-corrected chi connectivity index (χ0v) is 13.0. The van der Waals surface area contributed by atoms with E-state index in [9.17, 15) is 0 Å². The Morgan fingerprint density at radius 1 is 1.10 bits per heavy atom. The topological polar surface area (TPSA) is 29.3 Å². The zero-order valence-electron chi connectivity index (χ0n) is 12.2. The maximum absolute atomic E-state index is 6.32. The number of likely N-dealkylation sites (N-methyl/N-ethyl adjacent to an activating group) is 1. The minimum absolute atomic E-state index is 0.0777.